The van der Waals surface area contributed by atoms with Gasteiger partial charge >= 0.3 is 6.09 Å². The number of hydrogen-bond acceptors (Lipinski definition) is 3. The average molecular weight is 323 g/mol. The van der Waals surface area contributed by atoms with Crippen molar-refractivity contribution in [1.29, 1.82) is 0 Å². The molecular formula is C18H26FNO3. The Balaban J connectivity index is 1.96. The molecule has 23 heavy (non-hydrogen) atoms. The quantitative estimate of drug-likeness (QED) is 0.849. The van der Waals surface area contributed by atoms with Crippen LogP contribution < -0.4 is 0 Å². The summed E-state index contributed by atoms with van der Waals surface area (Å²) in [5.41, 5.74) is 0.246. The highest BCUT2D eigenvalue weighted by Crippen LogP contribution is 2.30. The van der Waals surface area contributed by atoms with E-state index < -0.39 is 5.60 Å². The zero-order valence-electron chi connectivity index (χ0n) is 14.4. The smallest absolute Gasteiger partial charge is 0.410 e. The van der Waals surface area contributed by atoms with Crippen LogP contribution in [0.2, 0.25) is 0 Å². The van der Waals surface area contributed by atoms with E-state index in [0.29, 0.717) is 19.5 Å². The molecule has 0 bridgehead atoms. The van der Waals surface area contributed by atoms with Crippen LogP contribution in [0.1, 0.15) is 39.2 Å². The van der Waals surface area contributed by atoms with Gasteiger partial charge in [0, 0.05) is 26.6 Å². The highest BCUT2D eigenvalue weighted by molar-refractivity contribution is 5.68. The molecule has 2 rings (SSSR count). The molecule has 1 amide bonds. The minimum Gasteiger partial charge on any atom is -0.444 e. The van der Waals surface area contributed by atoms with Crippen LogP contribution in [0, 0.1) is 5.82 Å². The summed E-state index contributed by atoms with van der Waals surface area (Å²) in [5.74, 6) is -0.236. The van der Waals surface area contributed by atoms with Gasteiger partial charge in [-0.1, -0.05) is 12.1 Å². The Kier molecular flexibility index (Phi) is 5.30. The van der Waals surface area contributed by atoms with Crippen LogP contribution in [0.3, 0.4) is 0 Å². The zero-order chi connectivity index (χ0) is 17.1. The maximum atomic E-state index is 13.0. The van der Waals surface area contributed by atoms with E-state index >= 15 is 0 Å². The fourth-order valence-corrected chi connectivity index (χ4v) is 2.85. The van der Waals surface area contributed by atoms with Gasteiger partial charge in [0.25, 0.3) is 0 Å². The van der Waals surface area contributed by atoms with E-state index in [2.05, 4.69) is 0 Å². The van der Waals surface area contributed by atoms with Crippen molar-refractivity contribution >= 4 is 6.09 Å². The topological polar surface area (TPSA) is 38.8 Å². The highest BCUT2D eigenvalue weighted by Gasteiger charge is 2.37. The first kappa shape index (κ1) is 17.7. The molecule has 0 saturated carbocycles. The maximum Gasteiger partial charge on any atom is 0.410 e. The summed E-state index contributed by atoms with van der Waals surface area (Å²) in [6.07, 6.45) is 1.91. The summed E-state index contributed by atoms with van der Waals surface area (Å²) < 4.78 is 24.2. The van der Waals surface area contributed by atoms with Crippen LogP contribution in [0.4, 0.5) is 9.18 Å². The lowest BCUT2D eigenvalue weighted by atomic mass is 9.85. The van der Waals surface area contributed by atoms with Crippen molar-refractivity contribution in [2.75, 3.05) is 20.2 Å². The predicted octanol–water partition coefficient (Wildman–Crippen LogP) is 3.78. The van der Waals surface area contributed by atoms with E-state index in [1.165, 1.54) is 12.1 Å². The van der Waals surface area contributed by atoms with Crippen LogP contribution in [0.5, 0.6) is 0 Å². The number of methoxy groups -OCH3 is 1. The Morgan fingerprint density at radius 3 is 2.26 bits per heavy atom. The molecule has 128 valence electrons. The summed E-state index contributed by atoms with van der Waals surface area (Å²) in [6, 6.07) is 6.51. The number of rotatable bonds is 3. The third-order valence-corrected chi connectivity index (χ3v) is 4.20. The van der Waals surface area contributed by atoms with Gasteiger partial charge in [0.05, 0.1) is 5.60 Å². The van der Waals surface area contributed by atoms with Gasteiger partial charge in [-0.05, 0) is 51.3 Å². The van der Waals surface area contributed by atoms with Crippen LogP contribution in [0.15, 0.2) is 24.3 Å². The Bertz CT molecular complexity index is 528. The standard InChI is InChI=1S/C18H26FNO3/c1-17(2,3)23-16(21)20-11-9-18(22-4,10-12-20)13-14-5-7-15(19)8-6-14/h5-8H,9-13H2,1-4H3. The van der Waals surface area contributed by atoms with Crippen LogP contribution >= 0.6 is 0 Å². The monoisotopic (exact) mass is 323 g/mol. The molecule has 5 heteroatoms. The number of halogens is 1. The Labute approximate surface area is 137 Å². The van der Waals surface area contributed by atoms with Crippen molar-refractivity contribution in [2.24, 2.45) is 0 Å². The van der Waals surface area contributed by atoms with Crippen molar-refractivity contribution in [3.63, 3.8) is 0 Å². The summed E-state index contributed by atoms with van der Waals surface area (Å²) in [7, 11) is 1.70. The highest BCUT2D eigenvalue weighted by atomic mass is 19.1. The molecule has 0 unspecified atom stereocenters. The number of likely N-dealkylation sites (tertiary alicyclic amines) is 1. The molecule has 1 heterocycles. The second-order valence-corrected chi connectivity index (χ2v) is 7.16. The molecule has 1 aromatic carbocycles. The van der Waals surface area contributed by atoms with Crippen molar-refractivity contribution in [2.45, 2.75) is 51.2 Å². The fraction of sp³-hybridized carbons (Fsp3) is 0.611. The van der Waals surface area contributed by atoms with E-state index in [0.717, 1.165) is 18.4 Å². The van der Waals surface area contributed by atoms with E-state index in [-0.39, 0.29) is 17.5 Å². The first-order valence-electron chi connectivity index (χ1n) is 8.01. The normalized spacial score (nSPS) is 17.9. The number of piperidine rings is 1. The van der Waals surface area contributed by atoms with Gasteiger partial charge in [0.1, 0.15) is 11.4 Å². The molecule has 0 N–H and O–H groups in total. The number of hydrogen-bond donors (Lipinski definition) is 0. The van der Waals surface area contributed by atoms with Crippen LogP contribution in [-0.4, -0.2) is 42.4 Å². The SMILES string of the molecule is COC1(Cc2ccc(F)cc2)CCN(C(=O)OC(C)(C)C)CC1. The number of ether oxygens (including phenoxy) is 2. The predicted molar refractivity (Wildman–Crippen MR) is 86.9 cm³/mol. The van der Waals surface area contributed by atoms with Crippen molar-refractivity contribution in [3.8, 4) is 0 Å². The summed E-state index contributed by atoms with van der Waals surface area (Å²) in [4.78, 5) is 13.9. The van der Waals surface area contributed by atoms with Crippen molar-refractivity contribution in [3.05, 3.63) is 35.6 Å². The van der Waals surface area contributed by atoms with Crippen LogP contribution in [-0.2, 0) is 15.9 Å². The number of benzene rings is 1. The van der Waals surface area contributed by atoms with Crippen molar-refractivity contribution < 1.29 is 18.7 Å². The first-order valence-corrected chi connectivity index (χ1v) is 8.01. The maximum absolute atomic E-state index is 13.0. The molecule has 1 aliphatic rings. The van der Waals surface area contributed by atoms with Gasteiger partial charge in [-0.25, -0.2) is 9.18 Å². The van der Waals surface area contributed by atoms with Gasteiger partial charge in [0.2, 0.25) is 0 Å². The molecule has 1 aromatic rings. The van der Waals surface area contributed by atoms with E-state index in [1.807, 2.05) is 20.8 Å². The molecule has 0 aliphatic carbocycles. The Hall–Kier alpha value is -1.62. The molecule has 0 radical (unpaired) electrons. The van der Waals surface area contributed by atoms with E-state index in [4.69, 9.17) is 9.47 Å². The fourth-order valence-electron chi connectivity index (χ4n) is 2.85. The average Bonchev–Trinajstić information content (AvgIpc) is 2.48. The molecule has 0 atom stereocenters. The Morgan fingerprint density at radius 2 is 1.78 bits per heavy atom. The molecule has 1 aliphatic heterocycles. The first-order chi connectivity index (χ1) is 10.7. The van der Waals surface area contributed by atoms with Crippen molar-refractivity contribution in [1.82, 2.24) is 4.90 Å². The summed E-state index contributed by atoms with van der Waals surface area (Å²) in [5, 5.41) is 0. The number of nitrogens with zero attached hydrogens (tertiary/aromatic N) is 1. The van der Waals surface area contributed by atoms with E-state index in [1.54, 1.807) is 24.1 Å². The zero-order valence-corrected chi connectivity index (χ0v) is 14.4. The minimum absolute atomic E-state index is 0.236. The summed E-state index contributed by atoms with van der Waals surface area (Å²) >= 11 is 0. The molecule has 4 nitrogen and oxygen atoms in total. The van der Waals surface area contributed by atoms with Gasteiger partial charge in [-0.2, -0.15) is 0 Å². The third kappa shape index (κ3) is 4.93. The lowest BCUT2D eigenvalue weighted by Gasteiger charge is -2.41. The second-order valence-electron chi connectivity index (χ2n) is 7.16. The van der Waals surface area contributed by atoms with Crippen LogP contribution in [0.25, 0.3) is 0 Å². The van der Waals surface area contributed by atoms with E-state index in [9.17, 15) is 9.18 Å². The lowest BCUT2D eigenvalue weighted by Crippen LogP contribution is -2.49. The van der Waals surface area contributed by atoms with Gasteiger partial charge < -0.3 is 14.4 Å². The molecule has 1 saturated heterocycles. The number of amides is 1. The molecule has 0 aromatic heterocycles. The van der Waals surface area contributed by atoms with Gasteiger partial charge in [-0.3, -0.25) is 0 Å². The third-order valence-electron chi connectivity index (χ3n) is 4.20. The Morgan fingerprint density at radius 1 is 1.22 bits per heavy atom. The van der Waals surface area contributed by atoms with Gasteiger partial charge in [0.15, 0.2) is 0 Å². The number of carbonyl (C=O) groups excluding carboxylic acids is 1. The molecule has 1 fully saturated rings. The van der Waals surface area contributed by atoms with Gasteiger partial charge in [-0.15, -0.1) is 0 Å². The molecule has 0 spiro atoms. The second kappa shape index (κ2) is 6.87. The largest absolute Gasteiger partial charge is 0.444 e. The summed E-state index contributed by atoms with van der Waals surface area (Å²) in [6.45, 7) is 6.79. The lowest BCUT2D eigenvalue weighted by molar-refractivity contribution is -0.0597. The number of carbonyl (C=O) groups is 1. The molecular weight excluding hydrogens is 297 g/mol. The minimum atomic E-state index is -0.485.